The Labute approximate surface area is 387 Å². The highest BCUT2D eigenvalue weighted by Gasteiger charge is 2.42. The van der Waals surface area contributed by atoms with Crippen LogP contribution in [-0.4, -0.2) is 55.8 Å². The van der Waals surface area contributed by atoms with Crippen LogP contribution < -0.4 is 10.4 Å². The first kappa shape index (κ1) is 49.6. The molecule has 0 saturated carbocycles. The lowest BCUT2D eigenvalue weighted by Crippen LogP contribution is -2.18. The number of aliphatic hydroxyl groups is 2. The minimum atomic E-state index is -1.09. The number of hydrogen-bond donors (Lipinski definition) is 4. The molecule has 3 aromatic rings. The van der Waals surface area contributed by atoms with Crippen LogP contribution in [0.3, 0.4) is 0 Å². The van der Waals surface area contributed by atoms with Gasteiger partial charge in [0.15, 0.2) is 0 Å². The molecule has 3 aromatic heterocycles. The van der Waals surface area contributed by atoms with Gasteiger partial charge in [-0.1, -0.05) is 99.0 Å². The van der Waals surface area contributed by atoms with Crippen molar-refractivity contribution in [2.75, 3.05) is 13.7 Å². The number of rotatable bonds is 19. The molecule has 3 aliphatic rings. The third-order valence-electron chi connectivity index (χ3n) is 14.9. The number of aliphatic hydroxyl groups excluding tert-OH is 2. The van der Waals surface area contributed by atoms with Gasteiger partial charge in [0, 0.05) is 74.2 Å². The summed E-state index contributed by atoms with van der Waals surface area (Å²) in [6.45, 7) is 23.8. The second-order valence-electron chi connectivity index (χ2n) is 20.4. The summed E-state index contributed by atoms with van der Waals surface area (Å²) in [5, 5.41) is 24.2. The van der Waals surface area contributed by atoms with Crippen LogP contribution in [0.5, 0.6) is 0 Å². The number of aryl methyl sites for hydroxylation is 2. The molecule has 65 heavy (non-hydrogen) atoms. The molecule has 0 saturated heterocycles. The Hall–Kier alpha value is -4.86. The van der Waals surface area contributed by atoms with E-state index in [4.69, 9.17) is 19.4 Å². The van der Waals surface area contributed by atoms with Crippen LogP contribution in [0.15, 0.2) is 29.8 Å². The zero-order valence-electron chi connectivity index (χ0n) is 41.5. The van der Waals surface area contributed by atoms with E-state index in [2.05, 4.69) is 77.5 Å². The van der Waals surface area contributed by atoms with E-state index in [1.165, 1.54) is 57.6 Å². The molecule has 2 aliphatic heterocycles. The van der Waals surface area contributed by atoms with Gasteiger partial charge in [0.2, 0.25) is 0 Å². The first-order chi connectivity index (χ1) is 30.9. The highest BCUT2D eigenvalue weighted by molar-refractivity contribution is 5.96. The van der Waals surface area contributed by atoms with Gasteiger partial charge in [-0.3, -0.25) is 19.6 Å². The molecule has 0 amide bonds. The maximum Gasteiger partial charge on any atom is 0.321 e. The number of carbonyl (C=O) groups is 2. The molecule has 4 N–H and O–H groups in total. The molecule has 0 radical (unpaired) electrons. The number of methoxy groups -OCH3 is 1. The van der Waals surface area contributed by atoms with Crippen molar-refractivity contribution in [3.63, 3.8) is 0 Å². The largest absolute Gasteiger partial charge is 0.512 e. The minimum Gasteiger partial charge on any atom is -0.512 e. The minimum absolute atomic E-state index is 0.0748. The highest BCUT2D eigenvalue weighted by atomic mass is 16.5. The molecule has 7 atom stereocenters. The van der Waals surface area contributed by atoms with Gasteiger partial charge >= 0.3 is 11.9 Å². The second-order valence-corrected chi connectivity index (χ2v) is 20.4. The smallest absolute Gasteiger partial charge is 0.321 e. The predicted molar refractivity (Wildman–Crippen MR) is 264 cm³/mol. The summed E-state index contributed by atoms with van der Waals surface area (Å²) < 4.78 is 11.1. The van der Waals surface area contributed by atoms with E-state index in [1.54, 1.807) is 6.92 Å². The summed E-state index contributed by atoms with van der Waals surface area (Å²) in [5.74, 6) is 0.302. The molecule has 8 bridgehead atoms. The van der Waals surface area contributed by atoms with Crippen molar-refractivity contribution < 1.29 is 29.3 Å². The van der Waals surface area contributed by atoms with Gasteiger partial charge in [-0.25, -0.2) is 0 Å². The monoisotopic (exact) mass is 891 g/mol. The van der Waals surface area contributed by atoms with Gasteiger partial charge in [-0.2, -0.15) is 0 Å². The standard InChI is InChI=1S/C55H78N4O6/c1-13-39-34(7)41-29-46-48(38(11)60)36(9)43(57-46)27-42-35(8)40(52(58-42)50-51(55(63)64-12)54(62)49-37(10)44(59-53(49)50)28-45(39)56-41)23-24-47(61)65-26-25-33(6)22-16-21-32(5)20-15-19-31(4)18-14-17-30(2)3/h25,27-32,34-35,39-40,51,57,59-60,62H,13-24,26H2,1-12H3/b33-25+,42-27?,45-28?,46-29?,48-38-/t31-,32+,34+,35-,39+,40-,51+/m0/s1. The lowest BCUT2D eigenvalue weighted by atomic mass is 9.84. The average Bonchev–Trinajstić information content (AvgIpc) is 4.00. The van der Waals surface area contributed by atoms with E-state index in [0.29, 0.717) is 34.3 Å². The molecule has 10 heteroatoms. The van der Waals surface area contributed by atoms with Crippen molar-refractivity contribution in [2.24, 2.45) is 17.8 Å². The van der Waals surface area contributed by atoms with Crippen LogP contribution in [0.25, 0.3) is 33.6 Å². The summed E-state index contributed by atoms with van der Waals surface area (Å²) in [7, 11) is 1.33. The number of nitrogens with one attached hydrogen (secondary N) is 2. The first-order valence-corrected chi connectivity index (χ1v) is 24.7. The second kappa shape index (κ2) is 21.6. The highest BCUT2D eigenvalue weighted by Crippen LogP contribution is 2.46. The van der Waals surface area contributed by atoms with Gasteiger partial charge in [-0.15, -0.1) is 0 Å². The third kappa shape index (κ3) is 11.1. The number of esters is 2. The molecule has 354 valence electrons. The van der Waals surface area contributed by atoms with Crippen LogP contribution in [0.2, 0.25) is 0 Å². The molecular weight excluding hydrogens is 813 g/mol. The number of fused-ring (bicyclic) bond motifs is 8. The van der Waals surface area contributed by atoms with Crippen molar-refractivity contribution in [2.45, 2.75) is 183 Å². The van der Waals surface area contributed by atoms with Gasteiger partial charge in [-0.05, 0) is 107 Å². The van der Waals surface area contributed by atoms with Gasteiger partial charge in [0.25, 0.3) is 0 Å². The topological polar surface area (TPSA) is 150 Å². The first-order valence-electron chi connectivity index (χ1n) is 24.7. The zero-order valence-corrected chi connectivity index (χ0v) is 41.5. The molecule has 6 rings (SSSR count). The van der Waals surface area contributed by atoms with Crippen molar-refractivity contribution in [3.8, 4) is 0 Å². The van der Waals surface area contributed by atoms with Gasteiger partial charge in [0.05, 0.1) is 29.6 Å². The van der Waals surface area contributed by atoms with E-state index in [-0.39, 0.29) is 54.2 Å². The maximum absolute atomic E-state index is 13.7. The van der Waals surface area contributed by atoms with E-state index in [1.807, 2.05) is 26.0 Å². The Morgan fingerprint density at radius 2 is 1.40 bits per heavy atom. The summed E-state index contributed by atoms with van der Waals surface area (Å²) >= 11 is 0. The number of allylic oxidation sites excluding steroid dienone is 1. The summed E-state index contributed by atoms with van der Waals surface area (Å²) in [5.41, 5.74) is 9.71. The molecule has 5 heterocycles. The summed E-state index contributed by atoms with van der Waals surface area (Å²) in [4.78, 5) is 44.8. The van der Waals surface area contributed by atoms with E-state index in [0.717, 1.165) is 81.1 Å². The van der Waals surface area contributed by atoms with Crippen molar-refractivity contribution in [1.29, 1.82) is 0 Å². The van der Waals surface area contributed by atoms with Gasteiger partial charge < -0.3 is 29.7 Å². The van der Waals surface area contributed by atoms with Crippen molar-refractivity contribution >= 4 is 45.5 Å². The van der Waals surface area contributed by atoms with Gasteiger partial charge in [0.1, 0.15) is 18.3 Å². The molecule has 1 aliphatic carbocycles. The number of hydrogen-bond acceptors (Lipinski definition) is 8. The fraction of sp³-hybridized carbons (Fsp3) is 0.600. The van der Waals surface area contributed by atoms with Crippen molar-refractivity contribution in [1.82, 2.24) is 19.9 Å². The van der Waals surface area contributed by atoms with Crippen LogP contribution >= 0.6 is 0 Å². The number of carbonyl (C=O) groups excluding carboxylic acids is 2. The fourth-order valence-electron chi connectivity index (χ4n) is 10.8. The lowest BCUT2D eigenvalue weighted by Gasteiger charge is -2.19. The number of H-pyrrole nitrogens is 2. The third-order valence-corrected chi connectivity index (χ3v) is 14.9. The maximum atomic E-state index is 13.7. The van der Waals surface area contributed by atoms with Crippen LogP contribution in [-0.2, 0) is 19.1 Å². The summed E-state index contributed by atoms with van der Waals surface area (Å²) in [6.07, 6.45) is 14.8. The Morgan fingerprint density at radius 3 is 2.05 bits per heavy atom. The number of nitrogens with zero attached hydrogens (tertiary/aromatic N) is 2. The molecule has 0 spiro atoms. The number of aromatic amines is 2. The Morgan fingerprint density at radius 1 is 0.800 bits per heavy atom. The number of aromatic nitrogens is 4. The Bertz CT molecular complexity index is 2540. The molecule has 0 unspecified atom stereocenters. The predicted octanol–water partition coefficient (Wildman–Crippen LogP) is 12.4. The van der Waals surface area contributed by atoms with Crippen LogP contribution in [0, 0.1) is 31.6 Å². The average molecular weight is 891 g/mol. The fourth-order valence-corrected chi connectivity index (χ4v) is 10.8. The van der Waals surface area contributed by atoms with Crippen molar-refractivity contribution in [3.05, 3.63) is 79.8 Å². The van der Waals surface area contributed by atoms with E-state index in [9.17, 15) is 19.8 Å². The Kier molecular flexibility index (Phi) is 16.5. The number of ether oxygens (including phenoxy) is 2. The quantitative estimate of drug-likeness (QED) is 0.0686. The molecule has 0 fully saturated rings. The molecule has 0 aromatic carbocycles. The lowest BCUT2D eigenvalue weighted by molar-refractivity contribution is -0.143. The molecule has 10 nitrogen and oxygen atoms in total. The Balaban J connectivity index is 1.25. The summed E-state index contributed by atoms with van der Waals surface area (Å²) in [6, 6.07) is 6.12. The SMILES string of the molecule is CC[C@H]1c2cc3[nH]c4c(c5nc(cc6[nH]c(cc(n2)[C@@H]1C)/c(=C(/C)O)c6C)[C@@H](C)[C@@H]5CCC(=O)OC/C=C(\C)CCC[C@H](C)CCC[C@@H](C)CCCC(C)C)[C@@H](C(=O)OC)C(O)=c4c3C. The zero-order chi connectivity index (χ0) is 47.3. The van der Waals surface area contributed by atoms with E-state index < -0.39 is 11.9 Å². The van der Waals surface area contributed by atoms with Crippen LogP contribution in [0.1, 0.15) is 208 Å². The molecular formula is C55H78N4O6. The normalized spacial score (nSPS) is 20.9. The van der Waals surface area contributed by atoms with Crippen LogP contribution in [0.4, 0.5) is 0 Å². The van der Waals surface area contributed by atoms with E-state index >= 15 is 0 Å².